The SMILES string of the molecule is CCCOc1ccc(NCCC(C)(C)N)cc1. The Morgan fingerprint density at radius 1 is 1.24 bits per heavy atom. The van der Waals surface area contributed by atoms with Crippen LogP contribution in [-0.4, -0.2) is 18.7 Å². The van der Waals surface area contributed by atoms with Crippen molar-refractivity contribution in [2.24, 2.45) is 5.73 Å². The van der Waals surface area contributed by atoms with E-state index in [2.05, 4.69) is 12.2 Å². The third kappa shape index (κ3) is 6.17. The number of hydrogen-bond acceptors (Lipinski definition) is 3. The van der Waals surface area contributed by atoms with Gasteiger partial charge in [0.25, 0.3) is 0 Å². The maximum atomic E-state index is 5.92. The van der Waals surface area contributed by atoms with E-state index in [0.29, 0.717) is 0 Å². The first-order chi connectivity index (χ1) is 8.01. The Balaban J connectivity index is 2.35. The molecule has 1 rings (SSSR count). The first-order valence-electron chi connectivity index (χ1n) is 6.27. The number of hydrogen-bond donors (Lipinski definition) is 2. The van der Waals surface area contributed by atoms with E-state index < -0.39 is 0 Å². The Morgan fingerprint density at radius 3 is 2.41 bits per heavy atom. The maximum absolute atomic E-state index is 5.92. The molecule has 0 radical (unpaired) electrons. The van der Waals surface area contributed by atoms with Gasteiger partial charge in [-0.1, -0.05) is 6.92 Å². The van der Waals surface area contributed by atoms with Gasteiger partial charge < -0.3 is 15.8 Å². The summed E-state index contributed by atoms with van der Waals surface area (Å²) in [7, 11) is 0. The van der Waals surface area contributed by atoms with Gasteiger partial charge in [-0.3, -0.25) is 0 Å². The van der Waals surface area contributed by atoms with Gasteiger partial charge in [-0.15, -0.1) is 0 Å². The number of anilines is 1. The molecule has 0 heterocycles. The summed E-state index contributed by atoms with van der Waals surface area (Å²) in [6, 6.07) is 8.06. The topological polar surface area (TPSA) is 47.3 Å². The van der Waals surface area contributed by atoms with Crippen molar-refractivity contribution in [1.82, 2.24) is 0 Å². The fourth-order valence-corrected chi connectivity index (χ4v) is 1.42. The number of nitrogens with two attached hydrogens (primary N) is 1. The highest BCUT2D eigenvalue weighted by Gasteiger charge is 2.09. The van der Waals surface area contributed by atoms with Crippen LogP contribution in [0.25, 0.3) is 0 Å². The van der Waals surface area contributed by atoms with Crippen LogP contribution in [0.2, 0.25) is 0 Å². The zero-order valence-electron chi connectivity index (χ0n) is 11.1. The minimum atomic E-state index is -0.114. The highest BCUT2D eigenvalue weighted by molar-refractivity contribution is 5.46. The van der Waals surface area contributed by atoms with Crippen LogP contribution in [0.4, 0.5) is 5.69 Å². The molecule has 0 saturated carbocycles. The van der Waals surface area contributed by atoms with Gasteiger partial charge in [0, 0.05) is 17.8 Å². The van der Waals surface area contributed by atoms with Crippen molar-refractivity contribution in [3.63, 3.8) is 0 Å². The summed E-state index contributed by atoms with van der Waals surface area (Å²) in [5.74, 6) is 0.927. The van der Waals surface area contributed by atoms with E-state index in [0.717, 1.165) is 37.4 Å². The van der Waals surface area contributed by atoms with E-state index in [-0.39, 0.29) is 5.54 Å². The van der Waals surface area contributed by atoms with Crippen molar-refractivity contribution >= 4 is 5.69 Å². The van der Waals surface area contributed by atoms with Gasteiger partial charge in [-0.25, -0.2) is 0 Å². The molecule has 17 heavy (non-hydrogen) atoms. The average Bonchev–Trinajstić information content (AvgIpc) is 2.26. The van der Waals surface area contributed by atoms with E-state index >= 15 is 0 Å². The Morgan fingerprint density at radius 2 is 1.88 bits per heavy atom. The monoisotopic (exact) mass is 236 g/mol. The lowest BCUT2D eigenvalue weighted by molar-refractivity contribution is 0.317. The number of nitrogens with one attached hydrogen (secondary N) is 1. The summed E-state index contributed by atoms with van der Waals surface area (Å²) in [6.45, 7) is 7.84. The summed E-state index contributed by atoms with van der Waals surface area (Å²) in [4.78, 5) is 0. The second-order valence-electron chi connectivity index (χ2n) is 5.04. The van der Waals surface area contributed by atoms with E-state index in [4.69, 9.17) is 10.5 Å². The van der Waals surface area contributed by atoms with Gasteiger partial charge in [0.2, 0.25) is 0 Å². The Bertz CT molecular complexity index is 314. The van der Waals surface area contributed by atoms with Crippen LogP contribution in [0.5, 0.6) is 5.75 Å². The summed E-state index contributed by atoms with van der Waals surface area (Å²) >= 11 is 0. The minimum Gasteiger partial charge on any atom is -0.494 e. The molecule has 3 N–H and O–H groups in total. The molecule has 0 bridgehead atoms. The predicted octanol–water partition coefficient (Wildman–Crippen LogP) is 3.01. The van der Waals surface area contributed by atoms with E-state index in [1.54, 1.807) is 0 Å². The molecule has 0 fully saturated rings. The van der Waals surface area contributed by atoms with Gasteiger partial charge in [-0.05, 0) is 51.0 Å². The van der Waals surface area contributed by atoms with Crippen LogP contribution in [0, 0.1) is 0 Å². The Hall–Kier alpha value is -1.22. The van der Waals surface area contributed by atoms with Crippen molar-refractivity contribution < 1.29 is 4.74 Å². The molecule has 0 aliphatic carbocycles. The molecule has 0 spiro atoms. The lowest BCUT2D eigenvalue weighted by atomic mass is 10.0. The Labute approximate surface area is 104 Å². The zero-order chi connectivity index (χ0) is 12.7. The zero-order valence-corrected chi connectivity index (χ0v) is 11.1. The Kier molecular flexibility index (Phi) is 5.29. The molecule has 0 atom stereocenters. The van der Waals surface area contributed by atoms with Gasteiger partial charge in [0.15, 0.2) is 0 Å². The lowest BCUT2D eigenvalue weighted by Crippen LogP contribution is -2.34. The molecule has 0 saturated heterocycles. The molecule has 0 amide bonds. The molecular formula is C14H24N2O. The van der Waals surface area contributed by atoms with Crippen molar-refractivity contribution in [3.05, 3.63) is 24.3 Å². The molecule has 3 heteroatoms. The fraction of sp³-hybridized carbons (Fsp3) is 0.571. The summed E-state index contributed by atoms with van der Waals surface area (Å²) in [5, 5.41) is 3.35. The molecule has 1 aromatic carbocycles. The highest BCUT2D eigenvalue weighted by atomic mass is 16.5. The van der Waals surface area contributed by atoms with Crippen molar-refractivity contribution in [2.45, 2.75) is 39.2 Å². The fourth-order valence-electron chi connectivity index (χ4n) is 1.42. The van der Waals surface area contributed by atoms with Crippen molar-refractivity contribution in [1.29, 1.82) is 0 Å². The van der Waals surface area contributed by atoms with Crippen LogP contribution in [0.1, 0.15) is 33.6 Å². The largest absolute Gasteiger partial charge is 0.494 e. The molecule has 0 aromatic heterocycles. The van der Waals surface area contributed by atoms with E-state index in [9.17, 15) is 0 Å². The van der Waals surface area contributed by atoms with Gasteiger partial charge in [0.1, 0.15) is 5.75 Å². The molecule has 0 aliphatic heterocycles. The maximum Gasteiger partial charge on any atom is 0.119 e. The van der Waals surface area contributed by atoms with Crippen LogP contribution in [0.3, 0.4) is 0 Å². The summed E-state index contributed by atoms with van der Waals surface area (Å²) in [5.41, 5.74) is 6.91. The van der Waals surface area contributed by atoms with Gasteiger partial charge in [0.05, 0.1) is 6.61 Å². The van der Waals surface area contributed by atoms with Gasteiger partial charge in [-0.2, -0.15) is 0 Å². The number of benzene rings is 1. The molecule has 1 aromatic rings. The number of rotatable bonds is 7. The standard InChI is InChI=1S/C14H24N2O/c1-4-11-17-13-7-5-12(6-8-13)16-10-9-14(2,3)15/h5-8,16H,4,9-11,15H2,1-3H3. The third-order valence-electron chi connectivity index (χ3n) is 2.43. The first kappa shape index (κ1) is 13.8. The molecule has 96 valence electrons. The summed E-state index contributed by atoms with van der Waals surface area (Å²) in [6.07, 6.45) is 1.98. The van der Waals surface area contributed by atoms with E-state index in [1.807, 2.05) is 38.1 Å². The smallest absolute Gasteiger partial charge is 0.119 e. The predicted molar refractivity (Wildman–Crippen MR) is 73.6 cm³/mol. The molecular weight excluding hydrogens is 212 g/mol. The van der Waals surface area contributed by atoms with Crippen LogP contribution in [-0.2, 0) is 0 Å². The van der Waals surface area contributed by atoms with Gasteiger partial charge >= 0.3 is 0 Å². The first-order valence-corrected chi connectivity index (χ1v) is 6.27. The molecule has 0 aliphatic rings. The van der Waals surface area contributed by atoms with Crippen LogP contribution >= 0.6 is 0 Å². The molecule has 0 unspecified atom stereocenters. The highest BCUT2D eigenvalue weighted by Crippen LogP contribution is 2.16. The molecule has 3 nitrogen and oxygen atoms in total. The number of ether oxygens (including phenoxy) is 1. The average molecular weight is 236 g/mol. The lowest BCUT2D eigenvalue weighted by Gasteiger charge is -2.18. The normalized spacial score (nSPS) is 11.3. The second kappa shape index (κ2) is 6.50. The minimum absolute atomic E-state index is 0.114. The van der Waals surface area contributed by atoms with Crippen molar-refractivity contribution in [3.8, 4) is 5.75 Å². The van der Waals surface area contributed by atoms with Crippen LogP contribution < -0.4 is 15.8 Å². The van der Waals surface area contributed by atoms with Crippen LogP contribution in [0.15, 0.2) is 24.3 Å². The second-order valence-corrected chi connectivity index (χ2v) is 5.04. The summed E-state index contributed by atoms with van der Waals surface area (Å²) < 4.78 is 5.52. The quantitative estimate of drug-likeness (QED) is 0.765. The van der Waals surface area contributed by atoms with E-state index in [1.165, 1.54) is 0 Å². The third-order valence-corrected chi connectivity index (χ3v) is 2.43. The van der Waals surface area contributed by atoms with Crippen molar-refractivity contribution in [2.75, 3.05) is 18.5 Å².